The van der Waals surface area contributed by atoms with E-state index >= 15 is 0 Å². The number of hydrogen-bond donors (Lipinski definition) is 4. The number of rotatable bonds is 7. The average Bonchev–Trinajstić information content (AvgIpc) is 2.13. The van der Waals surface area contributed by atoms with E-state index in [1.807, 2.05) is 0 Å². The Morgan fingerprint density at radius 1 is 1.64 bits per heavy atom. The van der Waals surface area contributed by atoms with Gasteiger partial charge in [-0.05, 0) is 0 Å². The predicted octanol–water partition coefficient (Wildman–Crippen LogP) is -2.35. The maximum Gasteiger partial charge on any atom is 0.362 e. The van der Waals surface area contributed by atoms with Crippen molar-refractivity contribution in [1.82, 2.24) is 0 Å². The Bertz CT molecular complexity index is 202. The summed E-state index contributed by atoms with van der Waals surface area (Å²) >= 11 is 1.05. The second kappa shape index (κ2) is 6.77. The molecule has 6 nitrogen and oxygen atoms in total. The topological polar surface area (TPSA) is 128 Å². The second-order valence-corrected chi connectivity index (χ2v) is 4.07. The molecule has 0 saturated carbocycles. The van der Waals surface area contributed by atoms with Gasteiger partial charge in [-0.3, -0.25) is 0 Å². The lowest BCUT2D eigenvalue weighted by molar-refractivity contribution is -0.410. The van der Waals surface area contributed by atoms with Crippen molar-refractivity contribution in [2.45, 2.75) is 23.9 Å². The lowest BCUT2D eigenvalue weighted by Crippen LogP contribution is -2.65. The Kier molecular flexibility index (Phi) is 6.46. The number of aliphatic hydroxyl groups excluding tert-OH is 1. The maximum absolute atomic E-state index is 10.4. The average molecular weight is 223 g/mol. The van der Waals surface area contributed by atoms with Crippen LogP contribution in [0.25, 0.3) is 0 Å². The van der Waals surface area contributed by atoms with Crippen molar-refractivity contribution >= 4 is 24.0 Å². The zero-order valence-electron chi connectivity index (χ0n) is 7.63. The number of thioether (sulfide) groups is 1. The molecule has 0 saturated heterocycles. The van der Waals surface area contributed by atoms with Crippen LogP contribution in [0.5, 0.6) is 0 Å². The summed E-state index contributed by atoms with van der Waals surface area (Å²) in [4.78, 5) is 20.5. The van der Waals surface area contributed by atoms with E-state index in [0.717, 1.165) is 11.8 Å². The van der Waals surface area contributed by atoms with E-state index in [9.17, 15) is 14.7 Å². The van der Waals surface area contributed by atoms with Crippen LogP contribution in [-0.4, -0.2) is 45.7 Å². The van der Waals surface area contributed by atoms with Crippen molar-refractivity contribution in [3.8, 4) is 0 Å². The molecular weight excluding hydrogens is 208 g/mol. The molecule has 0 aliphatic rings. The standard InChI is InChI=1S/C7H14N2O4S/c8-4(2-10)3-14-6(11)1-5(9)7(12)13/h2,4-6,11H,1,3,8-9H2,(H,12,13)/p+1. The number of carboxylic acids is 1. The number of carbonyl (C=O) groups excluding carboxylic acids is 1. The molecule has 0 radical (unpaired) electrons. The highest BCUT2D eigenvalue weighted by atomic mass is 32.2. The molecule has 14 heavy (non-hydrogen) atoms. The molecule has 0 aromatic rings. The van der Waals surface area contributed by atoms with Crippen molar-refractivity contribution in [2.24, 2.45) is 5.73 Å². The van der Waals surface area contributed by atoms with Gasteiger partial charge in [-0.2, -0.15) is 0 Å². The van der Waals surface area contributed by atoms with Gasteiger partial charge in [0.15, 0.2) is 6.04 Å². The molecule has 7 heteroatoms. The zero-order valence-corrected chi connectivity index (χ0v) is 8.44. The Hall–Kier alpha value is -0.630. The highest BCUT2D eigenvalue weighted by Crippen LogP contribution is 2.12. The van der Waals surface area contributed by atoms with E-state index in [1.54, 1.807) is 0 Å². The fourth-order valence-electron chi connectivity index (χ4n) is 0.674. The van der Waals surface area contributed by atoms with Gasteiger partial charge in [-0.1, -0.05) is 0 Å². The Labute approximate surface area is 85.6 Å². The molecular formula is C7H15N2O4S+. The van der Waals surface area contributed by atoms with Crippen LogP contribution in [-0.2, 0) is 9.59 Å². The van der Waals surface area contributed by atoms with Crippen LogP contribution in [0, 0.1) is 0 Å². The zero-order chi connectivity index (χ0) is 11.1. The highest BCUT2D eigenvalue weighted by molar-refractivity contribution is 7.99. The summed E-state index contributed by atoms with van der Waals surface area (Å²) < 4.78 is 0. The van der Waals surface area contributed by atoms with Crippen LogP contribution in [0.4, 0.5) is 0 Å². The van der Waals surface area contributed by atoms with E-state index in [-0.39, 0.29) is 12.2 Å². The van der Waals surface area contributed by atoms with Crippen LogP contribution in [0.2, 0.25) is 0 Å². The third-order valence-corrected chi connectivity index (χ3v) is 2.65. The quantitative estimate of drug-likeness (QED) is 0.282. The van der Waals surface area contributed by atoms with Gasteiger partial charge in [0, 0.05) is 12.2 Å². The van der Waals surface area contributed by atoms with Crippen molar-refractivity contribution in [2.75, 3.05) is 5.75 Å². The SMILES string of the molecule is NC(C=O)CSC(O)CC([NH3+])C(=O)O. The first-order valence-corrected chi connectivity index (χ1v) is 5.08. The number of quaternary nitrogens is 1. The van der Waals surface area contributed by atoms with Crippen molar-refractivity contribution in [3.05, 3.63) is 0 Å². The summed E-state index contributed by atoms with van der Waals surface area (Å²) in [5, 5.41) is 17.8. The second-order valence-electron chi connectivity index (χ2n) is 2.86. The van der Waals surface area contributed by atoms with E-state index in [2.05, 4.69) is 5.73 Å². The summed E-state index contributed by atoms with van der Waals surface area (Å²) in [5.41, 5.74) is 7.78. The number of aldehydes is 1. The minimum Gasteiger partial charge on any atom is -0.477 e. The fraction of sp³-hybridized carbons (Fsp3) is 0.714. The smallest absolute Gasteiger partial charge is 0.362 e. The molecule has 0 bridgehead atoms. The van der Waals surface area contributed by atoms with Gasteiger partial charge in [0.1, 0.15) is 11.7 Å². The Morgan fingerprint density at radius 2 is 2.21 bits per heavy atom. The molecule has 3 unspecified atom stereocenters. The molecule has 0 aromatic heterocycles. The molecule has 0 aliphatic carbocycles. The lowest BCUT2D eigenvalue weighted by Gasteiger charge is -2.11. The van der Waals surface area contributed by atoms with Crippen LogP contribution in [0.3, 0.4) is 0 Å². The highest BCUT2D eigenvalue weighted by Gasteiger charge is 2.20. The van der Waals surface area contributed by atoms with Crippen LogP contribution >= 0.6 is 11.8 Å². The number of carbonyl (C=O) groups is 2. The monoisotopic (exact) mass is 223 g/mol. The molecule has 0 spiro atoms. The molecule has 0 aromatic carbocycles. The van der Waals surface area contributed by atoms with Gasteiger partial charge in [-0.25, -0.2) is 4.79 Å². The molecule has 7 N–H and O–H groups in total. The molecule has 3 atom stereocenters. The number of aliphatic carboxylic acids is 1. The molecule has 0 amide bonds. The number of aliphatic hydroxyl groups is 1. The maximum atomic E-state index is 10.4. The molecule has 0 aliphatic heterocycles. The molecule has 82 valence electrons. The van der Waals surface area contributed by atoms with Crippen LogP contribution < -0.4 is 11.5 Å². The molecule has 0 rings (SSSR count). The van der Waals surface area contributed by atoms with Gasteiger partial charge in [0.25, 0.3) is 0 Å². The van der Waals surface area contributed by atoms with Gasteiger partial charge < -0.3 is 26.5 Å². The molecule has 0 heterocycles. The first kappa shape index (κ1) is 13.4. The van der Waals surface area contributed by atoms with E-state index in [0.29, 0.717) is 6.29 Å². The Balaban J connectivity index is 3.69. The summed E-state index contributed by atoms with van der Waals surface area (Å²) in [7, 11) is 0. The Morgan fingerprint density at radius 3 is 2.64 bits per heavy atom. The normalized spacial score (nSPS) is 17.1. The summed E-state index contributed by atoms with van der Waals surface area (Å²) in [5.74, 6) is -0.777. The van der Waals surface area contributed by atoms with Crippen LogP contribution in [0.1, 0.15) is 6.42 Å². The lowest BCUT2D eigenvalue weighted by atomic mass is 10.2. The third kappa shape index (κ3) is 5.92. The first-order chi connectivity index (χ1) is 6.47. The van der Waals surface area contributed by atoms with E-state index in [4.69, 9.17) is 10.8 Å². The number of hydrogen-bond acceptors (Lipinski definition) is 5. The third-order valence-electron chi connectivity index (χ3n) is 1.49. The van der Waals surface area contributed by atoms with Crippen molar-refractivity contribution < 1.29 is 25.5 Å². The van der Waals surface area contributed by atoms with Gasteiger partial charge >= 0.3 is 5.97 Å². The summed E-state index contributed by atoms with van der Waals surface area (Å²) in [6.07, 6.45) is 0.629. The van der Waals surface area contributed by atoms with E-state index in [1.165, 1.54) is 0 Å². The summed E-state index contributed by atoms with van der Waals surface area (Å²) in [6.45, 7) is 0. The summed E-state index contributed by atoms with van der Waals surface area (Å²) in [6, 6.07) is -1.47. The minimum absolute atomic E-state index is 0.0472. The predicted molar refractivity (Wildman–Crippen MR) is 51.4 cm³/mol. The van der Waals surface area contributed by atoms with Gasteiger partial charge in [0.2, 0.25) is 0 Å². The molecule has 0 fully saturated rings. The van der Waals surface area contributed by atoms with E-state index < -0.39 is 23.5 Å². The van der Waals surface area contributed by atoms with Gasteiger partial charge in [0.05, 0.1) is 6.04 Å². The van der Waals surface area contributed by atoms with Crippen molar-refractivity contribution in [1.29, 1.82) is 0 Å². The number of carboxylic acid groups (broad SMARTS) is 1. The minimum atomic E-state index is -1.05. The first-order valence-electron chi connectivity index (χ1n) is 4.03. The fourth-order valence-corrected chi connectivity index (χ4v) is 1.57. The van der Waals surface area contributed by atoms with Gasteiger partial charge in [-0.15, -0.1) is 11.8 Å². The van der Waals surface area contributed by atoms with Crippen molar-refractivity contribution in [3.63, 3.8) is 0 Å². The number of nitrogens with two attached hydrogens (primary N) is 1. The largest absolute Gasteiger partial charge is 0.477 e. The van der Waals surface area contributed by atoms with Crippen LogP contribution in [0.15, 0.2) is 0 Å².